The van der Waals surface area contributed by atoms with Crippen LogP contribution >= 0.6 is 0 Å². The van der Waals surface area contributed by atoms with Gasteiger partial charge in [-0.25, -0.2) is 9.18 Å². The van der Waals surface area contributed by atoms with E-state index in [0.29, 0.717) is 30.4 Å². The van der Waals surface area contributed by atoms with Crippen molar-refractivity contribution in [3.63, 3.8) is 0 Å². The molecule has 3 fully saturated rings. The average Bonchev–Trinajstić information content (AvgIpc) is 3.28. The summed E-state index contributed by atoms with van der Waals surface area (Å²) in [7, 11) is 1.79. The first-order valence-electron chi connectivity index (χ1n) is 12.6. The van der Waals surface area contributed by atoms with Crippen molar-refractivity contribution < 1.29 is 23.8 Å². The molecule has 33 heavy (non-hydrogen) atoms. The number of carbonyl (C=O) groups excluding carboxylic acids is 1. The van der Waals surface area contributed by atoms with Crippen LogP contribution in [0.25, 0.3) is 0 Å². The highest BCUT2D eigenvalue weighted by atomic mass is 19.1. The summed E-state index contributed by atoms with van der Waals surface area (Å²) in [5.74, 6) is 0.274. The summed E-state index contributed by atoms with van der Waals surface area (Å²) < 4.78 is 25.4. The number of ether oxygens (including phenoxy) is 2. The standard InChI is InChI=1S/C27H40FNO4/c1-25(2,3)33-24(31)29-26(13-12-19-8-10-22(32-4)11-9-19)14-16-27(29,17-15-26)23(30)20-6-5-7-21(28)18-20/h5-7,18-19,22-23,30H,8-17H2,1-4H3/t19?,22?,23-,26?,27?/m1/s1. The molecule has 184 valence electrons. The third-order valence-electron chi connectivity index (χ3n) is 8.36. The van der Waals surface area contributed by atoms with Gasteiger partial charge in [-0.3, -0.25) is 4.90 Å². The Morgan fingerprint density at radius 1 is 1.18 bits per heavy atom. The van der Waals surface area contributed by atoms with E-state index in [2.05, 4.69) is 0 Å². The van der Waals surface area contributed by atoms with Crippen LogP contribution in [0.4, 0.5) is 9.18 Å². The molecule has 1 aliphatic carbocycles. The number of nitrogens with zero attached hydrogens (tertiary/aromatic N) is 1. The van der Waals surface area contributed by atoms with Gasteiger partial charge in [0.05, 0.1) is 11.6 Å². The minimum Gasteiger partial charge on any atom is -0.444 e. The summed E-state index contributed by atoms with van der Waals surface area (Å²) >= 11 is 0. The predicted octanol–water partition coefficient (Wildman–Crippen LogP) is 6.15. The Balaban J connectivity index is 1.57. The Morgan fingerprint density at radius 3 is 2.42 bits per heavy atom. The Kier molecular flexibility index (Phi) is 6.81. The van der Waals surface area contributed by atoms with Crippen LogP contribution in [0.3, 0.4) is 0 Å². The Labute approximate surface area is 197 Å². The van der Waals surface area contributed by atoms with Crippen molar-refractivity contribution in [2.24, 2.45) is 5.92 Å². The van der Waals surface area contributed by atoms with Gasteiger partial charge >= 0.3 is 6.09 Å². The number of rotatable bonds is 6. The van der Waals surface area contributed by atoms with Crippen molar-refractivity contribution in [2.75, 3.05) is 7.11 Å². The third-order valence-corrected chi connectivity index (χ3v) is 8.36. The van der Waals surface area contributed by atoms with Gasteiger partial charge in [0.15, 0.2) is 0 Å². The van der Waals surface area contributed by atoms with Crippen LogP contribution in [0.5, 0.6) is 0 Å². The van der Waals surface area contributed by atoms with E-state index >= 15 is 0 Å². The highest BCUT2D eigenvalue weighted by molar-refractivity contribution is 5.72. The molecule has 6 heteroatoms. The minimum absolute atomic E-state index is 0.297. The van der Waals surface area contributed by atoms with Crippen LogP contribution in [0.15, 0.2) is 24.3 Å². The van der Waals surface area contributed by atoms with E-state index in [-0.39, 0.29) is 17.4 Å². The molecule has 4 rings (SSSR count). The van der Waals surface area contributed by atoms with Crippen molar-refractivity contribution in [1.82, 2.24) is 4.90 Å². The number of carbonyl (C=O) groups is 1. The second-order valence-electron chi connectivity index (χ2n) is 11.5. The minimum atomic E-state index is -0.942. The second-order valence-corrected chi connectivity index (χ2v) is 11.5. The lowest BCUT2D eigenvalue weighted by molar-refractivity contribution is -0.0406. The zero-order valence-corrected chi connectivity index (χ0v) is 20.6. The molecule has 2 bridgehead atoms. The predicted molar refractivity (Wildman–Crippen MR) is 125 cm³/mol. The normalized spacial score (nSPS) is 32.7. The van der Waals surface area contributed by atoms with E-state index in [0.717, 1.165) is 51.4 Å². The highest BCUT2D eigenvalue weighted by Crippen LogP contribution is 2.60. The van der Waals surface area contributed by atoms with E-state index in [9.17, 15) is 14.3 Å². The molecular weight excluding hydrogens is 421 g/mol. The van der Waals surface area contributed by atoms with Crippen molar-refractivity contribution in [3.8, 4) is 0 Å². The molecule has 1 aromatic carbocycles. The zero-order chi connectivity index (χ0) is 23.9. The molecule has 0 aromatic heterocycles. The molecule has 0 unspecified atom stereocenters. The molecule has 5 nitrogen and oxygen atoms in total. The maximum atomic E-state index is 14.0. The SMILES string of the molecule is COC1CCC(CCC23CCC([C@H](O)c4cccc(F)c4)(CC2)N3C(=O)OC(C)(C)C)CC1. The number of aliphatic hydroxyl groups is 1. The largest absolute Gasteiger partial charge is 0.444 e. The van der Waals surface area contributed by atoms with Crippen molar-refractivity contribution in [3.05, 3.63) is 35.6 Å². The van der Waals surface area contributed by atoms with Gasteiger partial charge in [-0.15, -0.1) is 0 Å². The first-order valence-corrected chi connectivity index (χ1v) is 12.6. The average molecular weight is 462 g/mol. The number of hydrogen-bond donors (Lipinski definition) is 1. The van der Waals surface area contributed by atoms with Crippen LogP contribution in [-0.2, 0) is 9.47 Å². The molecule has 1 amide bonds. The third kappa shape index (κ3) is 4.79. The molecule has 3 aliphatic rings. The van der Waals surface area contributed by atoms with E-state index < -0.39 is 17.2 Å². The number of benzene rings is 1. The van der Waals surface area contributed by atoms with Gasteiger partial charge in [0, 0.05) is 12.6 Å². The fourth-order valence-electron chi connectivity index (χ4n) is 6.62. The maximum absolute atomic E-state index is 14.0. The smallest absolute Gasteiger partial charge is 0.411 e. The van der Waals surface area contributed by atoms with Gasteiger partial charge in [0.25, 0.3) is 0 Å². The molecule has 1 atom stereocenters. The molecular formula is C27H40FNO4. The van der Waals surface area contributed by atoms with Crippen molar-refractivity contribution in [1.29, 1.82) is 0 Å². The van der Waals surface area contributed by atoms with Crippen LogP contribution < -0.4 is 0 Å². The Bertz CT molecular complexity index is 835. The van der Waals surface area contributed by atoms with Crippen LogP contribution in [0.1, 0.15) is 96.6 Å². The van der Waals surface area contributed by atoms with E-state index in [1.165, 1.54) is 12.1 Å². The molecule has 1 N–H and O–H groups in total. The Hall–Kier alpha value is -1.66. The summed E-state index contributed by atoms with van der Waals surface area (Å²) in [6.45, 7) is 5.62. The fourth-order valence-corrected chi connectivity index (χ4v) is 6.62. The van der Waals surface area contributed by atoms with E-state index in [1.54, 1.807) is 19.2 Å². The van der Waals surface area contributed by atoms with Gasteiger partial charge in [0.1, 0.15) is 17.5 Å². The summed E-state index contributed by atoms with van der Waals surface area (Å²) in [6.07, 6.45) is 8.74. The number of methoxy groups -OCH3 is 1. The summed E-state index contributed by atoms with van der Waals surface area (Å²) in [4.78, 5) is 15.5. The van der Waals surface area contributed by atoms with Gasteiger partial charge in [-0.2, -0.15) is 0 Å². The van der Waals surface area contributed by atoms with Crippen LogP contribution in [0, 0.1) is 11.7 Å². The van der Waals surface area contributed by atoms with Crippen molar-refractivity contribution in [2.45, 2.75) is 114 Å². The molecule has 0 radical (unpaired) electrons. The van der Waals surface area contributed by atoms with Gasteiger partial charge in [0.2, 0.25) is 0 Å². The van der Waals surface area contributed by atoms with E-state index in [4.69, 9.17) is 9.47 Å². The maximum Gasteiger partial charge on any atom is 0.411 e. The molecule has 2 heterocycles. The first kappa shape index (κ1) is 24.5. The molecule has 1 saturated carbocycles. The van der Waals surface area contributed by atoms with Crippen LogP contribution in [-0.4, -0.2) is 46.0 Å². The van der Waals surface area contributed by atoms with E-state index in [1.807, 2.05) is 25.7 Å². The van der Waals surface area contributed by atoms with Crippen LogP contribution in [0.2, 0.25) is 0 Å². The zero-order valence-electron chi connectivity index (χ0n) is 20.6. The molecule has 2 aliphatic heterocycles. The number of halogens is 1. The van der Waals surface area contributed by atoms with Gasteiger partial charge < -0.3 is 14.6 Å². The summed E-state index contributed by atoms with van der Waals surface area (Å²) in [5, 5.41) is 11.5. The number of fused-ring (bicyclic) bond motifs is 2. The Morgan fingerprint density at radius 2 is 1.85 bits per heavy atom. The molecule has 0 spiro atoms. The monoisotopic (exact) mass is 461 g/mol. The first-order chi connectivity index (χ1) is 15.6. The lowest BCUT2D eigenvalue weighted by atomic mass is 9.74. The molecule has 2 saturated heterocycles. The number of hydrogen-bond acceptors (Lipinski definition) is 4. The molecule has 1 aromatic rings. The highest BCUT2D eigenvalue weighted by Gasteiger charge is 2.65. The fraction of sp³-hybridized carbons (Fsp3) is 0.741. The lowest BCUT2D eigenvalue weighted by Crippen LogP contribution is -2.54. The quantitative estimate of drug-likeness (QED) is 0.552. The second kappa shape index (κ2) is 9.18. The van der Waals surface area contributed by atoms with Gasteiger partial charge in [-0.1, -0.05) is 12.1 Å². The topological polar surface area (TPSA) is 59.0 Å². The number of aliphatic hydroxyl groups excluding tert-OH is 1. The van der Waals surface area contributed by atoms with Crippen molar-refractivity contribution >= 4 is 6.09 Å². The lowest BCUT2D eigenvalue weighted by Gasteiger charge is -2.43. The summed E-state index contributed by atoms with van der Waals surface area (Å²) in [6, 6.07) is 6.14. The van der Waals surface area contributed by atoms with Gasteiger partial charge in [-0.05, 0) is 109 Å². The number of amides is 1. The summed E-state index contributed by atoms with van der Waals surface area (Å²) in [5.41, 5.74) is -1.14.